The molecule has 0 aromatic heterocycles. The largest absolute Gasteiger partial charge is 0.326 e. The number of benzene rings is 2. The number of amides is 2. The van der Waals surface area contributed by atoms with Gasteiger partial charge in [-0.15, -0.1) is 23.5 Å². The van der Waals surface area contributed by atoms with E-state index in [1.807, 2.05) is 24.5 Å². The van der Waals surface area contributed by atoms with Crippen molar-refractivity contribution < 1.29 is 18.0 Å². The minimum atomic E-state index is -3.60. The van der Waals surface area contributed by atoms with Gasteiger partial charge in [0.05, 0.1) is 22.1 Å². The number of thioether (sulfide) groups is 2. The van der Waals surface area contributed by atoms with Crippen LogP contribution in [0.3, 0.4) is 0 Å². The van der Waals surface area contributed by atoms with Gasteiger partial charge in [-0.2, -0.15) is 0 Å². The zero-order valence-corrected chi connectivity index (χ0v) is 17.0. The third-order valence-corrected chi connectivity index (χ3v) is 7.39. The van der Waals surface area contributed by atoms with Gasteiger partial charge >= 0.3 is 0 Å². The van der Waals surface area contributed by atoms with E-state index in [0.29, 0.717) is 16.3 Å². The highest BCUT2D eigenvalue weighted by atomic mass is 32.2. The Hall–Kier alpha value is -1.97. The summed E-state index contributed by atoms with van der Waals surface area (Å²) in [6, 6.07) is 12.0. The van der Waals surface area contributed by atoms with E-state index in [9.17, 15) is 18.0 Å². The summed E-state index contributed by atoms with van der Waals surface area (Å²) >= 11 is 2.86. The number of carbonyl (C=O) groups is 2. The summed E-state index contributed by atoms with van der Waals surface area (Å²) in [6.45, 7) is 0. The van der Waals surface area contributed by atoms with E-state index in [2.05, 4.69) is 10.6 Å². The van der Waals surface area contributed by atoms with Crippen molar-refractivity contribution in [2.45, 2.75) is 21.1 Å². The second-order valence-electron chi connectivity index (χ2n) is 5.84. The van der Waals surface area contributed by atoms with Crippen molar-refractivity contribution in [2.75, 3.05) is 28.4 Å². The molecule has 0 fully saturated rings. The highest BCUT2D eigenvalue weighted by Gasteiger charge is 2.21. The molecule has 0 radical (unpaired) electrons. The van der Waals surface area contributed by atoms with Gasteiger partial charge in [0.1, 0.15) is 0 Å². The first-order valence-electron chi connectivity index (χ1n) is 8.11. The summed E-state index contributed by atoms with van der Waals surface area (Å²) in [5.74, 6) is -0.480. The van der Waals surface area contributed by atoms with Crippen LogP contribution in [-0.4, -0.2) is 38.0 Å². The van der Waals surface area contributed by atoms with Crippen LogP contribution in [0, 0.1) is 0 Å². The fourth-order valence-corrected chi connectivity index (χ4v) is 5.16. The molecule has 0 bridgehead atoms. The first-order valence-corrected chi connectivity index (χ1v) is 12.0. The first-order chi connectivity index (χ1) is 12.9. The highest BCUT2D eigenvalue weighted by molar-refractivity contribution is 8.00. The van der Waals surface area contributed by atoms with Crippen molar-refractivity contribution >= 4 is 56.6 Å². The lowest BCUT2D eigenvalue weighted by Crippen LogP contribution is -2.20. The van der Waals surface area contributed by atoms with Crippen molar-refractivity contribution in [3.63, 3.8) is 0 Å². The van der Waals surface area contributed by atoms with Crippen molar-refractivity contribution in [1.29, 1.82) is 0 Å². The molecule has 2 aromatic rings. The van der Waals surface area contributed by atoms with Gasteiger partial charge in [0.15, 0.2) is 9.84 Å². The molecule has 0 aliphatic carbocycles. The highest BCUT2D eigenvalue weighted by Crippen LogP contribution is 2.33. The minimum absolute atomic E-state index is 0.106. The molecule has 2 aromatic carbocycles. The van der Waals surface area contributed by atoms with Crippen molar-refractivity contribution in [2.24, 2.45) is 0 Å². The second kappa shape index (κ2) is 8.37. The van der Waals surface area contributed by atoms with Gasteiger partial charge in [0.2, 0.25) is 11.8 Å². The van der Waals surface area contributed by atoms with Gasteiger partial charge in [0.25, 0.3) is 0 Å². The van der Waals surface area contributed by atoms with E-state index in [1.54, 1.807) is 30.0 Å². The topological polar surface area (TPSA) is 92.3 Å². The lowest BCUT2D eigenvalue weighted by atomic mass is 10.3. The Morgan fingerprint density at radius 1 is 1.26 bits per heavy atom. The van der Waals surface area contributed by atoms with Gasteiger partial charge in [0, 0.05) is 21.9 Å². The zero-order chi connectivity index (χ0) is 19.4. The van der Waals surface area contributed by atoms with Crippen molar-refractivity contribution in [1.82, 2.24) is 0 Å². The van der Waals surface area contributed by atoms with E-state index in [-0.39, 0.29) is 34.6 Å². The van der Waals surface area contributed by atoms with Gasteiger partial charge in [-0.3, -0.25) is 9.59 Å². The Bertz CT molecular complexity index is 990. The van der Waals surface area contributed by atoms with Gasteiger partial charge in [-0.25, -0.2) is 8.42 Å². The van der Waals surface area contributed by atoms with Gasteiger partial charge in [-0.05, 0) is 42.7 Å². The molecular formula is C18H18N2O4S3. The monoisotopic (exact) mass is 422 g/mol. The number of carbonyl (C=O) groups excluding carboxylic acids is 2. The quantitative estimate of drug-likeness (QED) is 0.694. The molecule has 2 N–H and O–H groups in total. The van der Waals surface area contributed by atoms with Crippen molar-refractivity contribution in [3.05, 3.63) is 42.5 Å². The average Bonchev–Trinajstić information content (AvgIpc) is 2.66. The van der Waals surface area contributed by atoms with E-state index in [1.165, 1.54) is 17.8 Å². The summed E-state index contributed by atoms with van der Waals surface area (Å²) in [5, 5.41) is 5.43. The van der Waals surface area contributed by atoms with E-state index >= 15 is 0 Å². The number of hydrogen-bond acceptors (Lipinski definition) is 6. The number of sulfone groups is 1. The van der Waals surface area contributed by atoms with Crippen LogP contribution in [0.5, 0.6) is 0 Å². The van der Waals surface area contributed by atoms with Crippen LogP contribution in [0.1, 0.15) is 6.42 Å². The zero-order valence-electron chi connectivity index (χ0n) is 14.5. The standard InChI is InChI=1S/C18H18N2O4S3/c1-25-13-4-2-3-12(9-13)19-17(21)7-8-27(23,24)14-5-6-15-16(10-14)26-11-18(22)20-15/h2-6,9-10H,7-8,11H2,1H3,(H,19,21)(H,20,22). The van der Waals surface area contributed by atoms with Crippen LogP contribution in [0.25, 0.3) is 0 Å². The summed E-state index contributed by atoms with van der Waals surface area (Å²) in [7, 11) is -3.60. The molecule has 142 valence electrons. The molecule has 1 heterocycles. The smallest absolute Gasteiger partial charge is 0.234 e. The van der Waals surface area contributed by atoms with Crippen LogP contribution in [0.4, 0.5) is 11.4 Å². The molecule has 6 nitrogen and oxygen atoms in total. The van der Waals surface area contributed by atoms with E-state index < -0.39 is 9.84 Å². The maximum Gasteiger partial charge on any atom is 0.234 e. The number of nitrogens with one attached hydrogen (secondary N) is 2. The summed E-state index contributed by atoms with van der Waals surface area (Å²) < 4.78 is 25.1. The molecule has 3 rings (SSSR count). The van der Waals surface area contributed by atoms with Crippen LogP contribution in [0.15, 0.2) is 57.2 Å². The van der Waals surface area contributed by atoms with Gasteiger partial charge < -0.3 is 10.6 Å². The molecule has 27 heavy (non-hydrogen) atoms. The van der Waals surface area contributed by atoms with Crippen LogP contribution in [0.2, 0.25) is 0 Å². The second-order valence-corrected chi connectivity index (χ2v) is 9.85. The average molecular weight is 423 g/mol. The molecule has 1 aliphatic rings. The molecule has 0 saturated carbocycles. The molecule has 2 amide bonds. The fraction of sp³-hybridized carbons (Fsp3) is 0.222. The van der Waals surface area contributed by atoms with Crippen LogP contribution < -0.4 is 10.6 Å². The minimum Gasteiger partial charge on any atom is -0.326 e. The Balaban J connectivity index is 1.64. The predicted molar refractivity (Wildman–Crippen MR) is 109 cm³/mol. The molecule has 0 unspecified atom stereocenters. The summed E-state index contributed by atoms with van der Waals surface area (Å²) in [4.78, 5) is 25.4. The van der Waals surface area contributed by atoms with E-state index in [4.69, 9.17) is 0 Å². The summed E-state index contributed by atoms with van der Waals surface area (Å²) in [6.07, 6.45) is 1.81. The van der Waals surface area contributed by atoms with E-state index in [0.717, 1.165) is 4.90 Å². The number of rotatable bonds is 6. The molecule has 9 heteroatoms. The number of fused-ring (bicyclic) bond motifs is 1. The lowest BCUT2D eigenvalue weighted by molar-refractivity contribution is -0.116. The fourth-order valence-electron chi connectivity index (χ4n) is 2.52. The maximum absolute atomic E-state index is 12.6. The molecule has 1 aliphatic heterocycles. The maximum atomic E-state index is 12.6. The molecular weight excluding hydrogens is 404 g/mol. The normalized spacial score (nSPS) is 13.6. The van der Waals surface area contributed by atoms with Crippen LogP contribution >= 0.6 is 23.5 Å². The Morgan fingerprint density at radius 2 is 2.07 bits per heavy atom. The Morgan fingerprint density at radius 3 is 2.85 bits per heavy atom. The Kier molecular flexibility index (Phi) is 6.13. The lowest BCUT2D eigenvalue weighted by Gasteiger charge is -2.17. The molecule has 0 saturated heterocycles. The number of hydrogen-bond donors (Lipinski definition) is 2. The first kappa shape index (κ1) is 19.8. The molecule has 0 atom stereocenters. The number of anilines is 2. The third kappa shape index (κ3) is 5.06. The van der Waals surface area contributed by atoms with Crippen LogP contribution in [-0.2, 0) is 19.4 Å². The van der Waals surface area contributed by atoms with Gasteiger partial charge in [-0.1, -0.05) is 6.07 Å². The van der Waals surface area contributed by atoms with Crippen molar-refractivity contribution in [3.8, 4) is 0 Å². The molecule has 0 spiro atoms. The Labute approximate surface area is 166 Å². The summed E-state index contributed by atoms with van der Waals surface area (Å²) in [5.41, 5.74) is 1.26. The predicted octanol–water partition coefficient (Wildman–Crippen LogP) is 3.26. The SMILES string of the molecule is CSc1cccc(NC(=O)CCS(=O)(=O)c2ccc3c(c2)SCC(=O)N3)c1. The third-order valence-electron chi connectivity index (χ3n) is 3.90.